The van der Waals surface area contributed by atoms with E-state index in [0.29, 0.717) is 12.8 Å². The Morgan fingerprint density at radius 3 is 2.19 bits per heavy atom. The number of carbonyl (C=O) groups is 2. The third-order valence-corrected chi connectivity index (χ3v) is 3.81. The smallest absolute Gasteiger partial charge is 0.323 e. The Bertz CT molecular complexity index is 467. The van der Waals surface area contributed by atoms with Gasteiger partial charge in [0.1, 0.15) is 6.54 Å². The van der Waals surface area contributed by atoms with Crippen LogP contribution < -0.4 is 0 Å². The summed E-state index contributed by atoms with van der Waals surface area (Å²) < 4.78 is 0. The zero-order valence-electron chi connectivity index (χ0n) is 13.1. The highest BCUT2D eigenvalue weighted by Crippen LogP contribution is 2.11. The average molecular weight is 291 g/mol. The quantitative estimate of drug-likeness (QED) is 0.801. The normalized spacial score (nSPS) is 12.0. The van der Waals surface area contributed by atoms with Gasteiger partial charge in [0.15, 0.2) is 0 Å². The van der Waals surface area contributed by atoms with Crippen molar-refractivity contribution in [2.24, 2.45) is 0 Å². The second kappa shape index (κ2) is 8.45. The molecule has 0 aliphatic carbocycles. The fourth-order valence-corrected chi connectivity index (χ4v) is 2.19. The fourth-order valence-electron chi connectivity index (χ4n) is 2.19. The first kappa shape index (κ1) is 17.2. The molecule has 1 aromatic carbocycles. The number of carboxylic acids is 1. The molecule has 1 rings (SSSR count). The minimum absolute atomic E-state index is 0.0453. The summed E-state index contributed by atoms with van der Waals surface area (Å²) in [6, 6.07) is 8.18. The van der Waals surface area contributed by atoms with E-state index in [9.17, 15) is 9.59 Å². The van der Waals surface area contributed by atoms with E-state index in [-0.39, 0.29) is 18.5 Å². The first-order valence-corrected chi connectivity index (χ1v) is 7.57. The van der Waals surface area contributed by atoms with Crippen LogP contribution in [0.25, 0.3) is 0 Å². The van der Waals surface area contributed by atoms with Gasteiger partial charge in [-0.1, -0.05) is 38.1 Å². The molecule has 0 fully saturated rings. The Kier molecular flexibility index (Phi) is 6.92. The lowest BCUT2D eigenvalue weighted by Crippen LogP contribution is -2.41. The molecule has 4 heteroatoms. The van der Waals surface area contributed by atoms with Crippen LogP contribution in [0.2, 0.25) is 0 Å². The van der Waals surface area contributed by atoms with Crippen LogP contribution in [0.5, 0.6) is 0 Å². The standard InChI is InChI=1S/C17H25NO3/c1-4-13(3)18(12-17(20)21)16(19)11-10-15-8-6-14(5-2)7-9-15/h6-9,13H,4-5,10-12H2,1-3H3,(H,20,21). The fraction of sp³-hybridized carbons (Fsp3) is 0.529. The Hall–Kier alpha value is -1.84. The molecule has 1 N–H and O–H groups in total. The van der Waals surface area contributed by atoms with Crippen molar-refractivity contribution in [1.82, 2.24) is 4.90 Å². The molecule has 4 nitrogen and oxygen atoms in total. The van der Waals surface area contributed by atoms with Gasteiger partial charge >= 0.3 is 5.97 Å². The molecule has 0 aromatic heterocycles. The lowest BCUT2D eigenvalue weighted by atomic mass is 10.1. The van der Waals surface area contributed by atoms with Crippen LogP contribution in [-0.2, 0) is 22.4 Å². The molecule has 116 valence electrons. The third kappa shape index (κ3) is 5.58. The topological polar surface area (TPSA) is 57.6 Å². The summed E-state index contributed by atoms with van der Waals surface area (Å²) in [4.78, 5) is 24.6. The van der Waals surface area contributed by atoms with E-state index in [0.717, 1.165) is 18.4 Å². The number of aryl methyl sites for hydroxylation is 2. The maximum absolute atomic E-state index is 12.2. The van der Waals surface area contributed by atoms with Crippen molar-refractivity contribution in [1.29, 1.82) is 0 Å². The second-order valence-electron chi connectivity index (χ2n) is 5.34. The van der Waals surface area contributed by atoms with Crippen LogP contribution in [0, 0.1) is 0 Å². The van der Waals surface area contributed by atoms with Crippen molar-refractivity contribution in [2.45, 2.75) is 52.5 Å². The van der Waals surface area contributed by atoms with Crippen LogP contribution in [0.1, 0.15) is 44.7 Å². The lowest BCUT2D eigenvalue weighted by Gasteiger charge is -2.27. The summed E-state index contributed by atoms with van der Waals surface area (Å²) in [6.45, 7) is 5.73. The molecule has 1 atom stereocenters. The zero-order valence-corrected chi connectivity index (χ0v) is 13.1. The van der Waals surface area contributed by atoms with E-state index in [1.807, 2.05) is 26.0 Å². The summed E-state index contributed by atoms with van der Waals surface area (Å²) in [7, 11) is 0. The summed E-state index contributed by atoms with van der Waals surface area (Å²) in [6.07, 6.45) is 2.75. The van der Waals surface area contributed by atoms with Crippen LogP contribution in [0.4, 0.5) is 0 Å². The maximum atomic E-state index is 12.2. The minimum atomic E-state index is -0.962. The van der Waals surface area contributed by atoms with Gasteiger partial charge in [0.05, 0.1) is 0 Å². The van der Waals surface area contributed by atoms with E-state index in [2.05, 4.69) is 19.1 Å². The minimum Gasteiger partial charge on any atom is -0.480 e. The van der Waals surface area contributed by atoms with Gasteiger partial charge in [-0.3, -0.25) is 9.59 Å². The molecular weight excluding hydrogens is 266 g/mol. The van der Waals surface area contributed by atoms with Gasteiger partial charge in [0.2, 0.25) is 5.91 Å². The highest BCUT2D eigenvalue weighted by atomic mass is 16.4. The highest BCUT2D eigenvalue weighted by molar-refractivity contribution is 5.81. The molecule has 0 aliphatic heterocycles. The molecule has 0 saturated carbocycles. The number of rotatable bonds is 8. The number of hydrogen-bond donors (Lipinski definition) is 1. The van der Waals surface area contributed by atoms with E-state index < -0.39 is 5.97 Å². The third-order valence-electron chi connectivity index (χ3n) is 3.81. The van der Waals surface area contributed by atoms with Crippen LogP contribution in [0.15, 0.2) is 24.3 Å². The Labute approximate surface area is 126 Å². The highest BCUT2D eigenvalue weighted by Gasteiger charge is 2.21. The van der Waals surface area contributed by atoms with Crippen molar-refractivity contribution in [3.63, 3.8) is 0 Å². The van der Waals surface area contributed by atoms with Crippen molar-refractivity contribution >= 4 is 11.9 Å². The SMILES string of the molecule is CCc1ccc(CCC(=O)N(CC(=O)O)C(C)CC)cc1. The van der Waals surface area contributed by atoms with E-state index >= 15 is 0 Å². The van der Waals surface area contributed by atoms with Crippen LogP contribution >= 0.6 is 0 Å². The van der Waals surface area contributed by atoms with Crippen molar-refractivity contribution in [3.05, 3.63) is 35.4 Å². The maximum Gasteiger partial charge on any atom is 0.323 e. The Morgan fingerprint density at radius 1 is 1.14 bits per heavy atom. The van der Waals surface area contributed by atoms with Gasteiger partial charge < -0.3 is 10.0 Å². The predicted molar refractivity (Wildman–Crippen MR) is 83.2 cm³/mol. The molecule has 0 spiro atoms. The van der Waals surface area contributed by atoms with Crippen molar-refractivity contribution in [2.75, 3.05) is 6.54 Å². The molecule has 0 radical (unpaired) electrons. The van der Waals surface area contributed by atoms with E-state index in [1.54, 1.807) is 0 Å². The van der Waals surface area contributed by atoms with Crippen LogP contribution in [0.3, 0.4) is 0 Å². The molecule has 1 aromatic rings. The number of hydrogen-bond acceptors (Lipinski definition) is 2. The summed E-state index contributed by atoms with van der Waals surface area (Å²) >= 11 is 0. The number of benzene rings is 1. The molecular formula is C17H25NO3. The van der Waals surface area contributed by atoms with Crippen molar-refractivity contribution < 1.29 is 14.7 Å². The number of carbonyl (C=O) groups excluding carboxylic acids is 1. The van der Waals surface area contributed by atoms with E-state index in [4.69, 9.17) is 5.11 Å². The number of carboxylic acid groups (broad SMARTS) is 1. The zero-order chi connectivity index (χ0) is 15.8. The number of aliphatic carboxylic acids is 1. The summed E-state index contributed by atoms with van der Waals surface area (Å²) in [5, 5.41) is 8.93. The molecule has 0 saturated heterocycles. The average Bonchev–Trinajstić information content (AvgIpc) is 2.49. The number of amides is 1. The second-order valence-corrected chi connectivity index (χ2v) is 5.34. The Morgan fingerprint density at radius 2 is 1.71 bits per heavy atom. The van der Waals surface area contributed by atoms with Gasteiger partial charge in [0.25, 0.3) is 0 Å². The van der Waals surface area contributed by atoms with Gasteiger partial charge in [-0.2, -0.15) is 0 Å². The largest absolute Gasteiger partial charge is 0.480 e. The van der Waals surface area contributed by atoms with E-state index in [1.165, 1.54) is 10.5 Å². The molecule has 1 unspecified atom stereocenters. The summed E-state index contributed by atoms with van der Waals surface area (Å²) in [5.41, 5.74) is 2.39. The molecule has 0 heterocycles. The van der Waals surface area contributed by atoms with Gasteiger partial charge in [-0.15, -0.1) is 0 Å². The monoisotopic (exact) mass is 291 g/mol. The molecule has 21 heavy (non-hydrogen) atoms. The van der Waals surface area contributed by atoms with Crippen LogP contribution in [-0.4, -0.2) is 34.5 Å². The first-order chi connectivity index (χ1) is 9.97. The van der Waals surface area contributed by atoms with Gasteiger partial charge in [-0.25, -0.2) is 0 Å². The van der Waals surface area contributed by atoms with Gasteiger partial charge in [0, 0.05) is 12.5 Å². The molecule has 0 bridgehead atoms. The number of nitrogens with zero attached hydrogens (tertiary/aromatic N) is 1. The van der Waals surface area contributed by atoms with Gasteiger partial charge in [-0.05, 0) is 37.3 Å². The Balaban J connectivity index is 2.61. The lowest BCUT2D eigenvalue weighted by molar-refractivity contribution is -0.146. The molecule has 0 aliphatic rings. The molecule has 1 amide bonds. The predicted octanol–water partition coefficient (Wildman–Crippen LogP) is 2.89. The van der Waals surface area contributed by atoms with Crippen molar-refractivity contribution in [3.8, 4) is 0 Å². The first-order valence-electron chi connectivity index (χ1n) is 7.57. The summed E-state index contributed by atoms with van der Waals surface area (Å²) in [5.74, 6) is -1.05.